The summed E-state index contributed by atoms with van der Waals surface area (Å²) in [5, 5.41) is 9.32. The van der Waals surface area contributed by atoms with Crippen molar-refractivity contribution in [3.05, 3.63) is 23.8 Å². The van der Waals surface area contributed by atoms with Gasteiger partial charge in [0.05, 0.1) is 13.0 Å². The van der Waals surface area contributed by atoms with Gasteiger partial charge in [0, 0.05) is 5.69 Å². The summed E-state index contributed by atoms with van der Waals surface area (Å²) in [6.07, 6.45) is 0.785. The first-order valence-electron chi connectivity index (χ1n) is 5.67. The highest BCUT2D eigenvalue weighted by Gasteiger charge is 2.27. The number of benzene rings is 1. The second-order valence-electron chi connectivity index (χ2n) is 4.20. The molecule has 0 heterocycles. The monoisotopic (exact) mass is 237 g/mol. The minimum absolute atomic E-state index is 0.0295. The summed E-state index contributed by atoms with van der Waals surface area (Å²) in [7, 11) is 1.55. The number of ether oxygens (including phenoxy) is 1. The number of hydrogen-bond acceptors (Lipinski definition) is 3. The molecule has 0 aliphatic rings. The molecule has 1 aromatic rings. The largest absolute Gasteiger partial charge is 0.497 e. The van der Waals surface area contributed by atoms with Gasteiger partial charge in [-0.15, -0.1) is 0 Å². The molecular formula is C13H19NO3. The normalized spacial score (nSPS) is 14.1. The quantitative estimate of drug-likeness (QED) is 0.772. The van der Waals surface area contributed by atoms with Gasteiger partial charge in [0.15, 0.2) is 0 Å². The van der Waals surface area contributed by atoms with Crippen molar-refractivity contribution in [2.45, 2.75) is 26.2 Å². The Balaban J connectivity index is 3.21. The van der Waals surface area contributed by atoms with Crippen molar-refractivity contribution in [2.75, 3.05) is 12.8 Å². The van der Waals surface area contributed by atoms with Crippen molar-refractivity contribution in [1.29, 1.82) is 0 Å². The molecule has 1 rings (SSSR count). The predicted octanol–water partition coefficient (Wildman–Crippen LogP) is 2.49. The highest BCUT2D eigenvalue weighted by molar-refractivity contribution is 5.79. The number of rotatable bonds is 5. The topological polar surface area (TPSA) is 72.5 Å². The Morgan fingerprint density at radius 2 is 2.18 bits per heavy atom. The number of carboxylic acid groups (broad SMARTS) is 1. The zero-order valence-corrected chi connectivity index (χ0v) is 10.4. The molecule has 3 N–H and O–H groups in total. The fraction of sp³-hybridized carbons (Fsp3) is 0.462. The third kappa shape index (κ3) is 2.90. The van der Waals surface area contributed by atoms with Gasteiger partial charge in [-0.2, -0.15) is 0 Å². The lowest BCUT2D eigenvalue weighted by atomic mass is 9.85. The molecule has 0 fully saturated rings. The van der Waals surface area contributed by atoms with Crippen LogP contribution in [0, 0.1) is 5.92 Å². The summed E-state index contributed by atoms with van der Waals surface area (Å²) >= 11 is 0. The van der Waals surface area contributed by atoms with E-state index in [1.165, 1.54) is 0 Å². The molecule has 0 saturated carbocycles. The van der Waals surface area contributed by atoms with Gasteiger partial charge in [0.25, 0.3) is 0 Å². The van der Waals surface area contributed by atoms with Gasteiger partial charge in [-0.25, -0.2) is 0 Å². The Labute approximate surface area is 101 Å². The zero-order valence-electron chi connectivity index (χ0n) is 10.4. The Hall–Kier alpha value is -1.71. The summed E-state index contributed by atoms with van der Waals surface area (Å²) in [4.78, 5) is 11.4. The van der Waals surface area contributed by atoms with Gasteiger partial charge in [-0.05, 0) is 29.7 Å². The number of carboxylic acids is 1. The number of methoxy groups -OCH3 is 1. The molecule has 0 aliphatic carbocycles. The molecule has 0 radical (unpaired) electrons. The lowest BCUT2D eigenvalue weighted by Crippen LogP contribution is -2.20. The number of aliphatic carboxylic acids is 1. The van der Waals surface area contributed by atoms with E-state index in [4.69, 9.17) is 10.5 Å². The molecule has 0 bridgehead atoms. The standard InChI is InChI=1S/C13H19NO3/c1-4-8(2)12(13(15)16)10-7-9(17-3)5-6-11(10)14/h5-8,12H,4,14H2,1-3H3,(H,15,16). The lowest BCUT2D eigenvalue weighted by Gasteiger charge is -2.21. The highest BCUT2D eigenvalue weighted by Crippen LogP contribution is 2.33. The molecule has 4 heteroatoms. The van der Waals surface area contributed by atoms with E-state index in [0.717, 1.165) is 6.42 Å². The summed E-state index contributed by atoms with van der Waals surface area (Å²) in [6, 6.07) is 5.13. The second kappa shape index (κ2) is 5.57. The first-order valence-corrected chi connectivity index (χ1v) is 5.67. The molecule has 0 aliphatic heterocycles. The Kier molecular flexibility index (Phi) is 4.37. The van der Waals surface area contributed by atoms with Gasteiger partial charge in [0.1, 0.15) is 5.75 Å². The fourth-order valence-electron chi connectivity index (χ4n) is 1.87. The molecular weight excluding hydrogens is 218 g/mol. The van der Waals surface area contributed by atoms with Gasteiger partial charge in [-0.1, -0.05) is 20.3 Å². The van der Waals surface area contributed by atoms with Crippen molar-refractivity contribution in [2.24, 2.45) is 5.92 Å². The van der Waals surface area contributed by atoms with Crippen molar-refractivity contribution in [1.82, 2.24) is 0 Å². The minimum atomic E-state index is -0.848. The van der Waals surface area contributed by atoms with Gasteiger partial charge < -0.3 is 15.6 Å². The number of nitrogen functional groups attached to an aromatic ring is 1. The van der Waals surface area contributed by atoms with E-state index in [2.05, 4.69) is 0 Å². The molecule has 2 unspecified atom stereocenters. The van der Waals surface area contributed by atoms with Gasteiger partial charge in [0.2, 0.25) is 0 Å². The second-order valence-corrected chi connectivity index (χ2v) is 4.20. The van der Waals surface area contributed by atoms with E-state index in [-0.39, 0.29) is 5.92 Å². The number of nitrogens with two attached hydrogens (primary N) is 1. The van der Waals surface area contributed by atoms with E-state index in [1.807, 2.05) is 13.8 Å². The Bertz CT molecular complexity index is 404. The highest BCUT2D eigenvalue weighted by atomic mass is 16.5. The minimum Gasteiger partial charge on any atom is -0.497 e. The van der Waals surface area contributed by atoms with Crippen molar-refractivity contribution in [3.63, 3.8) is 0 Å². The first-order chi connectivity index (χ1) is 8.01. The average Bonchev–Trinajstić information content (AvgIpc) is 2.31. The maximum atomic E-state index is 11.4. The van der Waals surface area contributed by atoms with Crippen LogP contribution >= 0.6 is 0 Å². The Morgan fingerprint density at radius 1 is 1.53 bits per heavy atom. The van der Waals surface area contributed by atoms with Crippen LogP contribution in [0.3, 0.4) is 0 Å². The lowest BCUT2D eigenvalue weighted by molar-refractivity contribution is -0.140. The van der Waals surface area contributed by atoms with Crippen molar-refractivity contribution >= 4 is 11.7 Å². The number of anilines is 1. The van der Waals surface area contributed by atoms with Crippen LogP contribution in [0.1, 0.15) is 31.7 Å². The van der Waals surface area contributed by atoms with Crippen LogP contribution in [0.4, 0.5) is 5.69 Å². The SMILES string of the molecule is CCC(C)C(C(=O)O)c1cc(OC)ccc1N. The van der Waals surface area contributed by atoms with Crippen molar-refractivity contribution < 1.29 is 14.6 Å². The molecule has 94 valence electrons. The molecule has 0 saturated heterocycles. The third-order valence-corrected chi connectivity index (χ3v) is 3.11. The first kappa shape index (κ1) is 13.4. The molecule has 2 atom stereocenters. The summed E-state index contributed by atoms with van der Waals surface area (Å²) in [5.74, 6) is -0.778. The number of carbonyl (C=O) groups is 1. The third-order valence-electron chi connectivity index (χ3n) is 3.11. The summed E-state index contributed by atoms with van der Waals surface area (Å²) < 4.78 is 5.10. The maximum absolute atomic E-state index is 11.4. The van der Waals surface area contributed by atoms with E-state index >= 15 is 0 Å². The number of hydrogen-bond donors (Lipinski definition) is 2. The van der Waals surface area contributed by atoms with Crippen LogP contribution in [0.5, 0.6) is 5.75 Å². The van der Waals surface area contributed by atoms with Crippen LogP contribution in [0.15, 0.2) is 18.2 Å². The molecule has 0 spiro atoms. The average molecular weight is 237 g/mol. The van der Waals surface area contributed by atoms with Crippen LogP contribution < -0.4 is 10.5 Å². The van der Waals surface area contributed by atoms with Gasteiger partial charge >= 0.3 is 5.97 Å². The van der Waals surface area contributed by atoms with E-state index < -0.39 is 11.9 Å². The smallest absolute Gasteiger partial charge is 0.311 e. The molecule has 0 aromatic heterocycles. The predicted molar refractivity (Wildman–Crippen MR) is 67.2 cm³/mol. The molecule has 17 heavy (non-hydrogen) atoms. The van der Waals surface area contributed by atoms with E-state index in [9.17, 15) is 9.90 Å². The van der Waals surface area contributed by atoms with E-state index in [0.29, 0.717) is 17.0 Å². The molecule has 0 amide bonds. The van der Waals surface area contributed by atoms with Crippen LogP contribution in [0.25, 0.3) is 0 Å². The van der Waals surface area contributed by atoms with Crippen LogP contribution in [-0.2, 0) is 4.79 Å². The van der Waals surface area contributed by atoms with Crippen LogP contribution in [-0.4, -0.2) is 18.2 Å². The van der Waals surface area contributed by atoms with Crippen molar-refractivity contribution in [3.8, 4) is 5.75 Å². The summed E-state index contributed by atoms with van der Waals surface area (Å²) in [6.45, 7) is 3.88. The summed E-state index contributed by atoms with van der Waals surface area (Å²) in [5.41, 5.74) is 6.99. The van der Waals surface area contributed by atoms with Gasteiger partial charge in [-0.3, -0.25) is 4.79 Å². The maximum Gasteiger partial charge on any atom is 0.311 e. The molecule has 1 aromatic carbocycles. The van der Waals surface area contributed by atoms with E-state index in [1.54, 1.807) is 25.3 Å². The molecule has 4 nitrogen and oxygen atoms in total. The Morgan fingerprint density at radius 3 is 2.65 bits per heavy atom. The fourth-order valence-corrected chi connectivity index (χ4v) is 1.87. The zero-order chi connectivity index (χ0) is 13.0. The van der Waals surface area contributed by atoms with Crippen LogP contribution in [0.2, 0.25) is 0 Å².